The highest BCUT2D eigenvalue weighted by Gasteiger charge is 2.37. The van der Waals surface area contributed by atoms with Crippen LogP contribution < -0.4 is 4.90 Å². The van der Waals surface area contributed by atoms with Crippen molar-refractivity contribution in [2.24, 2.45) is 0 Å². The van der Waals surface area contributed by atoms with Gasteiger partial charge in [0.05, 0.1) is 26.8 Å². The molecule has 0 spiro atoms. The summed E-state index contributed by atoms with van der Waals surface area (Å²) in [5.41, 5.74) is -4.02. The molecule has 1 aromatic carbocycles. The molecule has 0 fully saturated rings. The molecule has 0 aliphatic heterocycles. The first-order chi connectivity index (χ1) is 12.9. The number of rotatable bonds is 4. The largest absolute Gasteiger partial charge is 0.416 e. The zero-order chi connectivity index (χ0) is 21.3. The first-order valence-corrected chi connectivity index (χ1v) is 9.09. The smallest absolute Gasteiger partial charge is 0.310 e. The molecule has 0 aliphatic carbocycles. The van der Waals surface area contributed by atoms with E-state index in [1.54, 1.807) is 6.92 Å². The van der Waals surface area contributed by atoms with Gasteiger partial charge in [0.15, 0.2) is 0 Å². The molecule has 1 heterocycles. The van der Waals surface area contributed by atoms with Crippen LogP contribution in [0.15, 0.2) is 41.4 Å². The molecule has 0 saturated carbocycles. The van der Waals surface area contributed by atoms with Crippen molar-refractivity contribution in [3.8, 4) is 0 Å². The van der Waals surface area contributed by atoms with Crippen LogP contribution in [-0.4, -0.2) is 27.9 Å². The van der Waals surface area contributed by atoms with Gasteiger partial charge in [-0.3, -0.25) is 9.00 Å². The summed E-state index contributed by atoms with van der Waals surface area (Å²) < 4.78 is 90.2. The Kier molecular flexibility index (Phi) is 6.17. The van der Waals surface area contributed by atoms with Crippen LogP contribution in [0.5, 0.6) is 0 Å². The summed E-state index contributed by atoms with van der Waals surface area (Å²) in [7, 11) is -0.583. The lowest BCUT2D eigenvalue weighted by Crippen LogP contribution is -2.29. The van der Waals surface area contributed by atoms with Crippen molar-refractivity contribution in [3.63, 3.8) is 0 Å². The van der Waals surface area contributed by atoms with E-state index in [-0.39, 0.29) is 22.4 Å². The van der Waals surface area contributed by atoms with Crippen molar-refractivity contribution in [1.82, 2.24) is 4.98 Å². The zero-order valence-corrected chi connectivity index (χ0v) is 15.4. The molecule has 1 unspecified atom stereocenters. The van der Waals surface area contributed by atoms with E-state index in [2.05, 4.69) is 4.98 Å². The molecule has 0 radical (unpaired) electrons. The minimum atomic E-state index is -5.04. The molecule has 11 heteroatoms. The summed E-state index contributed by atoms with van der Waals surface area (Å²) in [5, 5.41) is 0. The maximum Gasteiger partial charge on any atom is 0.416 e. The standard InChI is InChI=1S/C17H14F6N2O2S/c1-3-28(27)13-5-4-6-24-14(13)15(26)25(2)12-8-10(16(18,19)20)7-11(9-12)17(21,22)23/h4-9H,3H2,1-2H3. The summed E-state index contributed by atoms with van der Waals surface area (Å²) in [4.78, 5) is 17.1. The molecule has 0 saturated heterocycles. The number of benzene rings is 1. The Balaban J connectivity index is 2.56. The van der Waals surface area contributed by atoms with E-state index in [0.29, 0.717) is 17.0 Å². The van der Waals surface area contributed by atoms with Gasteiger partial charge < -0.3 is 4.90 Å². The third kappa shape index (κ3) is 4.70. The Hall–Kier alpha value is -2.43. The molecule has 0 bridgehead atoms. The molecule has 152 valence electrons. The van der Waals surface area contributed by atoms with Crippen molar-refractivity contribution in [2.45, 2.75) is 24.2 Å². The summed E-state index contributed by atoms with van der Waals surface area (Å²) >= 11 is 0. The van der Waals surface area contributed by atoms with Crippen LogP contribution in [0.1, 0.15) is 28.5 Å². The summed E-state index contributed by atoms with van der Waals surface area (Å²) in [5.74, 6) is -0.831. The quantitative estimate of drug-likeness (QED) is 0.678. The van der Waals surface area contributed by atoms with Crippen molar-refractivity contribution >= 4 is 22.4 Å². The van der Waals surface area contributed by atoms with E-state index in [1.165, 1.54) is 18.3 Å². The third-order valence-electron chi connectivity index (χ3n) is 3.75. The van der Waals surface area contributed by atoms with E-state index >= 15 is 0 Å². The third-order valence-corrected chi connectivity index (χ3v) is 5.09. The van der Waals surface area contributed by atoms with E-state index in [1.807, 2.05) is 0 Å². The first kappa shape index (κ1) is 21.9. The van der Waals surface area contributed by atoms with Gasteiger partial charge in [-0.05, 0) is 30.3 Å². The fourth-order valence-electron chi connectivity index (χ4n) is 2.30. The minimum absolute atomic E-state index is 0.0276. The van der Waals surface area contributed by atoms with E-state index in [4.69, 9.17) is 0 Å². The Morgan fingerprint density at radius 2 is 1.61 bits per heavy atom. The monoisotopic (exact) mass is 424 g/mol. The van der Waals surface area contributed by atoms with Gasteiger partial charge in [-0.25, -0.2) is 4.98 Å². The molecule has 2 rings (SSSR count). The number of alkyl halides is 6. The normalized spacial score (nSPS) is 13.3. The molecular weight excluding hydrogens is 410 g/mol. The average molecular weight is 424 g/mol. The number of hydrogen-bond acceptors (Lipinski definition) is 3. The van der Waals surface area contributed by atoms with Crippen LogP contribution in [0.4, 0.5) is 32.0 Å². The Labute approximate surface area is 158 Å². The highest BCUT2D eigenvalue weighted by molar-refractivity contribution is 7.85. The second-order valence-corrected chi connectivity index (χ2v) is 7.32. The van der Waals surface area contributed by atoms with Gasteiger partial charge in [-0.15, -0.1) is 0 Å². The fourth-order valence-corrected chi connectivity index (χ4v) is 3.20. The van der Waals surface area contributed by atoms with Gasteiger partial charge in [0.1, 0.15) is 5.69 Å². The molecular formula is C17H14F6N2O2S. The molecule has 0 aliphatic rings. The van der Waals surface area contributed by atoms with Crippen LogP contribution in [0.25, 0.3) is 0 Å². The average Bonchev–Trinajstić information content (AvgIpc) is 2.64. The Morgan fingerprint density at radius 1 is 1.07 bits per heavy atom. The minimum Gasteiger partial charge on any atom is -0.310 e. The Bertz CT molecular complexity index is 879. The first-order valence-electron chi connectivity index (χ1n) is 7.77. The van der Waals surface area contributed by atoms with Gasteiger partial charge >= 0.3 is 12.4 Å². The Morgan fingerprint density at radius 3 is 2.07 bits per heavy atom. The number of carbonyl (C=O) groups excluding carboxylic acids is 1. The maximum atomic E-state index is 13.0. The molecule has 0 N–H and O–H groups in total. The predicted octanol–water partition coefficient (Wildman–Crippen LogP) is 4.52. The number of aromatic nitrogens is 1. The van der Waals surface area contributed by atoms with Crippen molar-refractivity contribution in [2.75, 3.05) is 17.7 Å². The lowest BCUT2D eigenvalue weighted by Gasteiger charge is -2.21. The molecule has 1 amide bonds. The van der Waals surface area contributed by atoms with Gasteiger partial charge in [-0.1, -0.05) is 6.92 Å². The van der Waals surface area contributed by atoms with Crippen LogP contribution in [0.3, 0.4) is 0 Å². The maximum absolute atomic E-state index is 13.0. The highest BCUT2D eigenvalue weighted by atomic mass is 32.2. The second kappa shape index (κ2) is 7.90. The summed E-state index contributed by atoms with van der Waals surface area (Å²) in [6, 6.07) is 3.63. The number of hydrogen-bond donors (Lipinski definition) is 0. The van der Waals surface area contributed by atoms with Crippen LogP contribution in [-0.2, 0) is 23.2 Å². The topological polar surface area (TPSA) is 50.3 Å². The number of nitrogens with zero attached hydrogens (tertiary/aromatic N) is 2. The lowest BCUT2D eigenvalue weighted by molar-refractivity contribution is -0.143. The molecule has 28 heavy (non-hydrogen) atoms. The molecule has 1 aromatic heterocycles. The number of anilines is 1. The van der Waals surface area contributed by atoms with Crippen molar-refractivity contribution in [1.29, 1.82) is 0 Å². The number of carbonyl (C=O) groups is 1. The number of amides is 1. The van der Waals surface area contributed by atoms with E-state index < -0.39 is 45.9 Å². The predicted molar refractivity (Wildman–Crippen MR) is 90.4 cm³/mol. The van der Waals surface area contributed by atoms with Gasteiger partial charge in [0.25, 0.3) is 5.91 Å². The van der Waals surface area contributed by atoms with Crippen LogP contribution >= 0.6 is 0 Å². The van der Waals surface area contributed by atoms with Gasteiger partial charge in [-0.2, -0.15) is 26.3 Å². The molecule has 2 aromatic rings. The number of halogens is 6. The summed E-state index contributed by atoms with van der Waals surface area (Å²) in [6.07, 6.45) is -8.87. The van der Waals surface area contributed by atoms with Gasteiger partial charge in [0, 0.05) is 24.7 Å². The SMILES string of the molecule is CCS(=O)c1cccnc1C(=O)N(C)c1cc(C(F)(F)F)cc(C(F)(F)F)c1. The fraction of sp³-hybridized carbons (Fsp3) is 0.294. The zero-order valence-electron chi connectivity index (χ0n) is 14.6. The van der Waals surface area contributed by atoms with E-state index in [9.17, 15) is 35.3 Å². The second-order valence-electron chi connectivity index (χ2n) is 5.61. The highest BCUT2D eigenvalue weighted by Crippen LogP contribution is 2.38. The van der Waals surface area contributed by atoms with E-state index in [0.717, 1.165) is 7.05 Å². The van der Waals surface area contributed by atoms with Crippen LogP contribution in [0.2, 0.25) is 0 Å². The van der Waals surface area contributed by atoms with Crippen LogP contribution in [0, 0.1) is 0 Å². The van der Waals surface area contributed by atoms with Gasteiger partial charge in [0.2, 0.25) is 0 Å². The molecule has 4 nitrogen and oxygen atoms in total. The summed E-state index contributed by atoms with van der Waals surface area (Å²) in [6.45, 7) is 1.59. The van der Waals surface area contributed by atoms with Crippen molar-refractivity contribution in [3.05, 3.63) is 53.3 Å². The number of pyridine rings is 1. The van der Waals surface area contributed by atoms with Crippen molar-refractivity contribution < 1.29 is 35.3 Å². The lowest BCUT2D eigenvalue weighted by atomic mass is 10.1. The molecule has 1 atom stereocenters.